The highest BCUT2D eigenvalue weighted by Crippen LogP contribution is 2.13. The molecule has 0 saturated heterocycles. The number of ether oxygens (including phenoxy) is 1. The number of hydrogen-bond donors (Lipinski definition) is 2. The lowest BCUT2D eigenvalue weighted by atomic mass is 10.2. The van der Waals surface area contributed by atoms with Crippen molar-refractivity contribution >= 4 is 21.8 Å². The largest absolute Gasteiger partial charge is 0.494 e. The number of alkyl halides is 1. The van der Waals surface area contributed by atoms with Gasteiger partial charge in [-0.05, 0) is 37.1 Å². The fourth-order valence-electron chi connectivity index (χ4n) is 1.53. The van der Waals surface area contributed by atoms with E-state index in [2.05, 4.69) is 21.4 Å². The summed E-state index contributed by atoms with van der Waals surface area (Å²) in [5.74, 6) is 5.53. The van der Waals surface area contributed by atoms with E-state index >= 15 is 0 Å². The number of benzene rings is 1. The molecule has 0 bridgehead atoms. The number of unbranched alkanes of at least 4 members (excludes halogenated alkanes) is 3. The molecular formula is C13H19BrN2O2. The molecule has 1 rings (SSSR count). The molecule has 4 nitrogen and oxygen atoms in total. The number of halogens is 1. The minimum atomic E-state index is -0.295. The van der Waals surface area contributed by atoms with Crippen LogP contribution in [0, 0.1) is 0 Å². The predicted molar refractivity (Wildman–Crippen MR) is 75.9 cm³/mol. The molecule has 3 N–H and O–H groups in total. The predicted octanol–water partition coefficient (Wildman–Crippen LogP) is 2.62. The van der Waals surface area contributed by atoms with Crippen LogP contribution >= 0.6 is 15.9 Å². The van der Waals surface area contributed by atoms with Gasteiger partial charge in [-0.2, -0.15) is 0 Å². The van der Waals surface area contributed by atoms with Gasteiger partial charge in [-0.1, -0.05) is 28.8 Å². The van der Waals surface area contributed by atoms with Gasteiger partial charge in [-0.3, -0.25) is 10.2 Å². The molecule has 1 amide bonds. The number of amides is 1. The highest BCUT2D eigenvalue weighted by atomic mass is 79.9. The topological polar surface area (TPSA) is 64.3 Å². The molecule has 18 heavy (non-hydrogen) atoms. The Labute approximate surface area is 116 Å². The number of nitrogens with two attached hydrogens (primary N) is 1. The second-order valence-corrected chi connectivity index (χ2v) is 4.74. The molecule has 0 unspecified atom stereocenters. The fourth-order valence-corrected chi connectivity index (χ4v) is 1.92. The van der Waals surface area contributed by atoms with Crippen molar-refractivity contribution in [3.8, 4) is 5.75 Å². The molecule has 0 heterocycles. The molecule has 0 aliphatic heterocycles. The third-order valence-corrected chi connectivity index (χ3v) is 3.11. The number of nitrogen functional groups attached to an aromatic ring is 1. The van der Waals surface area contributed by atoms with Gasteiger partial charge in [0.05, 0.1) is 6.61 Å². The van der Waals surface area contributed by atoms with E-state index in [9.17, 15) is 4.79 Å². The van der Waals surface area contributed by atoms with Gasteiger partial charge in [0.15, 0.2) is 0 Å². The molecule has 0 aliphatic carbocycles. The van der Waals surface area contributed by atoms with Gasteiger partial charge in [0, 0.05) is 10.9 Å². The highest BCUT2D eigenvalue weighted by Gasteiger charge is 2.02. The zero-order chi connectivity index (χ0) is 13.2. The third-order valence-electron chi connectivity index (χ3n) is 2.54. The summed E-state index contributed by atoms with van der Waals surface area (Å²) in [5, 5.41) is 1.07. The van der Waals surface area contributed by atoms with Crippen molar-refractivity contribution in [1.82, 2.24) is 5.43 Å². The van der Waals surface area contributed by atoms with Crippen molar-refractivity contribution < 1.29 is 9.53 Å². The van der Waals surface area contributed by atoms with Crippen molar-refractivity contribution in [2.45, 2.75) is 25.7 Å². The van der Waals surface area contributed by atoms with E-state index in [-0.39, 0.29) is 5.91 Å². The zero-order valence-corrected chi connectivity index (χ0v) is 11.9. The summed E-state index contributed by atoms with van der Waals surface area (Å²) in [5.41, 5.74) is 2.62. The van der Waals surface area contributed by atoms with Crippen LogP contribution < -0.4 is 16.0 Å². The Morgan fingerprint density at radius 3 is 2.44 bits per heavy atom. The number of nitrogens with one attached hydrogen (secondary N) is 1. The molecule has 0 aliphatic rings. The van der Waals surface area contributed by atoms with Gasteiger partial charge >= 0.3 is 0 Å². The van der Waals surface area contributed by atoms with E-state index in [1.165, 1.54) is 19.3 Å². The maximum atomic E-state index is 11.2. The van der Waals surface area contributed by atoms with Gasteiger partial charge in [0.1, 0.15) is 5.75 Å². The Bertz CT molecular complexity index is 355. The molecule has 100 valence electrons. The van der Waals surface area contributed by atoms with Crippen molar-refractivity contribution in [3.63, 3.8) is 0 Å². The molecule has 1 aromatic carbocycles. The van der Waals surface area contributed by atoms with E-state index < -0.39 is 0 Å². The van der Waals surface area contributed by atoms with Crippen molar-refractivity contribution in [3.05, 3.63) is 29.8 Å². The van der Waals surface area contributed by atoms with E-state index in [0.29, 0.717) is 12.2 Å². The van der Waals surface area contributed by atoms with Crippen LogP contribution in [0.25, 0.3) is 0 Å². The van der Waals surface area contributed by atoms with Gasteiger partial charge < -0.3 is 4.74 Å². The Balaban J connectivity index is 2.25. The zero-order valence-electron chi connectivity index (χ0n) is 10.3. The van der Waals surface area contributed by atoms with E-state index in [1.807, 2.05) is 0 Å². The first-order valence-corrected chi connectivity index (χ1v) is 7.20. The summed E-state index contributed by atoms with van der Waals surface area (Å²) in [6.45, 7) is 0.713. The van der Waals surface area contributed by atoms with E-state index in [4.69, 9.17) is 10.6 Å². The summed E-state index contributed by atoms with van der Waals surface area (Å²) in [7, 11) is 0. The average molecular weight is 315 g/mol. The van der Waals surface area contributed by atoms with E-state index in [1.54, 1.807) is 24.3 Å². The summed E-state index contributed by atoms with van der Waals surface area (Å²) < 4.78 is 5.58. The summed E-state index contributed by atoms with van der Waals surface area (Å²) >= 11 is 3.41. The number of hydrazine groups is 1. The van der Waals surface area contributed by atoms with Crippen LogP contribution in [-0.4, -0.2) is 17.8 Å². The highest BCUT2D eigenvalue weighted by molar-refractivity contribution is 9.09. The molecular weight excluding hydrogens is 296 g/mol. The van der Waals surface area contributed by atoms with Crippen molar-refractivity contribution in [1.29, 1.82) is 0 Å². The van der Waals surface area contributed by atoms with Gasteiger partial charge in [-0.25, -0.2) is 5.84 Å². The number of carbonyl (C=O) groups is 1. The Morgan fingerprint density at radius 1 is 1.17 bits per heavy atom. The standard InChI is InChI=1S/C13H19BrN2O2/c14-9-3-1-2-4-10-18-12-7-5-11(6-8-12)13(17)16-15/h5-8H,1-4,9-10,15H2,(H,16,17). The minimum Gasteiger partial charge on any atom is -0.494 e. The Morgan fingerprint density at radius 2 is 1.83 bits per heavy atom. The maximum Gasteiger partial charge on any atom is 0.265 e. The molecule has 0 saturated carbocycles. The summed E-state index contributed by atoms with van der Waals surface area (Å²) in [6, 6.07) is 6.96. The maximum absolute atomic E-state index is 11.2. The summed E-state index contributed by atoms with van der Waals surface area (Å²) in [4.78, 5) is 11.2. The first-order chi connectivity index (χ1) is 8.77. The third kappa shape index (κ3) is 5.51. The quantitative estimate of drug-likeness (QED) is 0.255. The number of rotatable bonds is 8. The average Bonchev–Trinajstić information content (AvgIpc) is 2.42. The monoisotopic (exact) mass is 314 g/mol. The van der Waals surface area contributed by atoms with Crippen LogP contribution in [0.3, 0.4) is 0 Å². The number of carbonyl (C=O) groups excluding carboxylic acids is 1. The second-order valence-electron chi connectivity index (χ2n) is 3.95. The second kappa shape index (κ2) is 8.94. The first kappa shape index (κ1) is 15.0. The molecule has 0 fully saturated rings. The van der Waals surface area contributed by atoms with Crippen LogP contribution in [0.15, 0.2) is 24.3 Å². The van der Waals surface area contributed by atoms with Gasteiger partial charge in [0.25, 0.3) is 5.91 Å². The lowest BCUT2D eigenvalue weighted by molar-refractivity contribution is 0.0953. The van der Waals surface area contributed by atoms with E-state index in [0.717, 1.165) is 17.5 Å². The van der Waals surface area contributed by atoms with Crippen LogP contribution in [0.5, 0.6) is 5.75 Å². The molecule has 0 atom stereocenters. The van der Waals surface area contributed by atoms with Crippen molar-refractivity contribution in [2.24, 2.45) is 5.84 Å². The Kier molecular flexibility index (Phi) is 7.44. The van der Waals surface area contributed by atoms with Crippen LogP contribution in [0.2, 0.25) is 0 Å². The number of hydrogen-bond acceptors (Lipinski definition) is 3. The van der Waals surface area contributed by atoms with Crippen molar-refractivity contribution in [2.75, 3.05) is 11.9 Å². The fraction of sp³-hybridized carbons (Fsp3) is 0.462. The Hall–Kier alpha value is -1.07. The first-order valence-electron chi connectivity index (χ1n) is 6.07. The lowest BCUT2D eigenvalue weighted by Gasteiger charge is -2.06. The smallest absolute Gasteiger partial charge is 0.265 e. The molecule has 0 radical (unpaired) electrons. The SMILES string of the molecule is NNC(=O)c1ccc(OCCCCCCBr)cc1. The molecule has 5 heteroatoms. The normalized spacial score (nSPS) is 10.1. The van der Waals surface area contributed by atoms with Crippen LogP contribution in [0.4, 0.5) is 0 Å². The summed E-state index contributed by atoms with van der Waals surface area (Å²) in [6.07, 6.45) is 4.67. The minimum absolute atomic E-state index is 0.295. The van der Waals surface area contributed by atoms with Gasteiger partial charge in [0.2, 0.25) is 0 Å². The van der Waals surface area contributed by atoms with Crippen LogP contribution in [0.1, 0.15) is 36.0 Å². The van der Waals surface area contributed by atoms with Gasteiger partial charge in [-0.15, -0.1) is 0 Å². The molecule has 1 aromatic rings. The molecule has 0 spiro atoms. The van der Waals surface area contributed by atoms with Crippen LogP contribution in [-0.2, 0) is 0 Å². The lowest BCUT2D eigenvalue weighted by Crippen LogP contribution is -2.29. The molecule has 0 aromatic heterocycles.